The van der Waals surface area contributed by atoms with E-state index in [2.05, 4.69) is 21.2 Å². The number of alkyl halides is 3. The lowest BCUT2D eigenvalue weighted by molar-refractivity contribution is -0.137. The van der Waals surface area contributed by atoms with E-state index in [0.29, 0.717) is 12.8 Å². The highest BCUT2D eigenvalue weighted by molar-refractivity contribution is 9.10. The Hall–Kier alpha value is -1.55. The number of rotatable bonds is 4. The molecule has 1 rings (SSSR count). The first-order valence-corrected chi connectivity index (χ1v) is 7.09. The van der Waals surface area contributed by atoms with Gasteiger partial charge in [-0.3, -0.25) is 4.79 Å². The van der Waals surface area contributed by atoms with Gasteiger partial charge in [0.2, 0.25) is 0 Å². The Morgan fingerprint density at radius 1 is 1.33 bits per heavy atom. The second-order valence-electron chi connectivity index (χ2n) is 4.55. The third-order valence-electron chi connectivity index (χ3n) is 3.31. The maximum absolute atomic E-state index is 12.7. The smallest absolute Gasteiger partial charge is 0.334 e. The highest BCUT2D eigenvalue weighted by Gasteiger charge is 2.33. The second kappa shape index (κ2) is 6.48. The summed E-state index contributed by atoms with van der Waals surface area (Å²) in [4.78, 5) is 12.2. The van der Waals surface area contributed by atoms with Crippen LogP contribution in [0.1, 0.15) is 42.6 Å². The third kappa shape index (κ3) is 3.97. The molecule has 0 aliphatic heterocycles. The first-order valence-electron chi connectivity index (χ1n) is 6.29. The van der Waals surface area contributed by atoms with Gasteiger partial charge in [-0.1, -0.05) is 13.8 Å². The summed E-state index contributed by atoms with van der Waals surface area (Å²) in [5.74, 6) is -0.710. The zero-order valence-corrected chi connectivity index (χ0v) is 13.1. The maximum atomic E-state index is 12.7. The Morgan fingerprint density at radius 3 is 2.33 bits per heavy atom. The normalized spacial score (nSPS) is 11.9. The first-order chi connectivity index (χ1) is 9.69. The molecule has 0 saturated heterocycles. The zero-order chi connectivity index (χ0) is 16.3. The van der Waals surface area contributed by atoms with Crippen LogP contribution in [0.2, 0.25) is 0 Å². The monoisotopic (exact) mass is 362 g/mol. The van der Waals surface area contributed by atoms with Crippen LogP contribution in [-0.4, -0.2) is 11.4 Å². The number of halogens is 4. The number of nitriles is 1. The summed E-state index contributed by atoms with van der Waals surface area (Å²) < 4.78 is 38.3. The zero-order valence-electron chi connectivity index (χ0n) is 11.5. The second-order valence-corrected chi connectivity index (χ2v) is 5.40. The van der Waals surface area contributed by atoms with Crippen LogP contribution in [-0.2, 0) is 6.18 Å². The molecule has 1 N–H and O–H groups in total. The molecule has 0 atom stereocenters. The van der Waals surface area contributed by atoms with Gasteiger partial charge >= 0.3 is 6.18 Å². The van der Waals surface area contributed by atoms with Crippen molar-refractivity contribution in [3.8, 4) is 6.07 Å². The SMILES string of the molecule is CCC(C#N)(CC)NC(=O)c1cc(C(F)(F)F)ccc1Br. The molecule has 0 unspecified atom stereocenters. The molecule has 114 valence electrons. The van der Waals surface area contributed by atoms with E-state index in [9.17, 15) is 18.0 Å². The van der Waals surface area contributed by atoms with E-state index in [1.807, 2.05) is 6.07 Å². The molecule has 1 aromatic carbocycles. The van der Waals surface area contributed by atoms with Crippen LogP contribution in [0.4, 0.5) is 13.2 Å². The molecule has 1 aromatic rings. The van der Waals surface area contributed by atoms with E-state index < -0.39 is 23.2 Å². The molecule has 0 radical (unpaired) electrons. The van der Waals surface area contributed by atoms with Gasteiger partial charge in [-0.25, -0.2) is 0 Å². The van der Waals surface area contributed by atoms with Crippen LogP contribution >= 0.6 is 15.9 Å². The molecular formula is C14H14BrF3N2O. The van der Waals surface area contributed by atoms with Crippen LogP contribution < -0.4 is 5.32 Å². The minimum atomic E-state index is -4.53. The molecule has 0 aliphatic carbocycles. The number of amides is 1. The minimum absolute atomic E-state index is 0.147. The molecular weight excluding hydrogens is 349 g/mol. The van der Waals surface area contributed by atoms with Crippen molar-refractivity contribution in [1.82, 2.24) is 5.32 Å². The molecule has 0 fully saturated rings. The predicted molar refractivity (Wildman–Crippen MR) is 75.5 cm³/mol. The lowest BCUT2D eigenvalue weighted by Gasteiger charge is -2.25. The summed E-state index contributed by atoms with van der Waals surface area (Å²) in [7, 11) is 0. The Labute approximate surface area is 129 Å². The van der Waals surface area contributed by atoms with Crippen molar-refractivity contribution >= 4 is 21.8 Å². The van der Waals surface area contributed by atoms with Crippen molar-refractivity contribution in [3.05, 3.63) is 33.8 Å². The molecule has 7 heteroatoms. The Balaban J connectivity index is 3.17. The van der Waals surface area contributed by atoms with Crippen LogP contribution in [0.3, 0.4) is 0 Å². The van der Waals surface area contributed by atoms with E-state index >= 15 is 0 Å². The van der Waals surface area contributed by atoms with Crippen LogP contribution in [0.15, 0.2) is 22.7 Å². The van der Waals surface area contributed by atoms with Gasteiger partial charge in [-0.15, -0.1) is 0 Å². The van der Waals surface area contributed by atoms with Crippen LogP contribution in [0, 0.1) is 11.3 Å². The molecule has 0 bridgehead atoms. The molecule has 0 spiro atoms. The highest BCUT2D eigenvalue weighted by atomic mass is 79.9. The first kappa shape index (κ1) is 17.5. The van der Waals surface area contributed by atoms with E-state index in [-0.39, 0.29) is 10.0 Å². The van der Waals surface area contributed by atoms with Crippen molar-refractivity contribution in [2.75, 3.05) is 0 Å². The lowest BCUT2D eigenvalue weighted by atomic mass is 9.94. The van der Waals surface area contributed by atoms with Gasteiger partial charge < -0.3 is 5.32 Å². The van der Waals surface area contributed by atoms with E-state index in [4.69, 9.17) is 5.26 Å². The van der Waals surface area contributed by atoms with Gasteiger partial charge in [0.25, 0.3) is 5.91 Å². The fourth-order valence-corrected chi connectivity index (χ4v) is 2.20. The summed E-state index contributed by atoms with van der Waals surface area (Å²) in [6, 6.07) is 4.84. The van der Waals surface area contributed by atoms with Gasteiger partial charge in [-0.2, -0.15) is 18.4 Å². The number of benzene rings is 1. The fourth-order valence-electron chi connectivity index (χ4n) is 1.77. The number of carbonyl (C=O) groups is 1. The van der Waals surface area contributed by atoms with E-state index in [0.717, 1.165) is 12.1 Å². The number of hydrogen-bond acceptors (Lipinski definition) is 2. The molecule has 21 heavy (non-hydrogen) atoms. The van der Waals surface area contributed by atoms with E-state index in [1.54, 1.807) is 13.8 Å². The Morgan fingerprint density at radius 2 is 1.90 bits per heavy atom. The van der Waals surface area contributed by atoms with Gasteiger partial charge in [0, 0.05) is 4.47 Å². The number of nitrogens with one attached hydrogen (secondary N) is 1. The Kier molecular flexibility index (Phi) is 5.40. The predicted octanol–water partition coefficient (Wildman–Crippen LogP) is 4.28. The molecule has 0 aliphatic rings. The molecule has 0 aromatic heterocycles. The summed E-state index contributed by atoms with van der Waals surface area (Å²) in [5, 5.41) is 11.7. The summed E-state index contributed by atoms with van der Waals surface area (Å²) in [5.41, 5.74) is -2.14. The van der Waals surface area contributed by atoms with Crippen molar-refractivity contribution in [3.63, 3.8) is 0 Å². The average molecular weight is 363 g/mol. The fraction of sp³-hybridized carbons (Fsp3) is 0.429. The molecule has 0 saturated carbocycles. The van der Waals surface area contributed by atoms with Crippen molar-refractivity contribution in [2.24, 2.45) is 0 Å². The van der Waals surface area contributed by atoms with Gasteiger partial charge in [0.15, 0.2) is 0 Å². The largest absolute Gasteiger partial charge is 0.416 e. The third-order valence-corrected chi connectivity index (χ3v) is 4.00. The number of nitrogens with zero attached hydrogens (tertiary/aromatic N) is 1. The molecule has 1 amide bonds. The topological polar surface area (TPSA) is 52.9 Å². The number of hydrogen-bond donors (Lipinski definition) is 1. The average Bonchev–Trinajstić information content (AvgIpc) is 2.44. The van der Waals surface area contributed by atoms with Gasteiger partial charge in [0.05, 0.1) is 17.2 Å². The lowest BCUT2D eigenvalue weighted by Crippen LogP contribution is -2.46. The number of carbonyl (C=O) groups excluding carboxylic acids is 1. The van der Waals surface area contributed by atoms with Crippen molar-refractivity contribution in [1.29, 1.82) is 5.26 Å². The van der Waals surface area contributed by atoms with Gasteiger partial charge in [-0.05, 0) is 47.0 Å². The molecule has 0 heterocycles. The maximum Gasteiger partial charge on any atom is 0.416 e. The standard InChI is InChI=1S/C14H14BrF3N2O/c1-3-13(4-2,8-19)20-12(21)10-7-9(14(16,17)18)5-6-11(10)15/h5-7H,3-4H2,1-2H3,(H,20,21). The van der Waals surface area contributed by atoms with Crippen molar-refractivity contribution in [2.45, 2.75) is 38.4 Å². The van der Waals surface area contributed by atoms with Crippen molar-refractivity contribution < 1.29 is 18.0 Å². The van der Waals surface area contributed by atoms with E-state index in [1.165, 1.54) is 6.07 Å². The molecule has 3 nitrogen and oxygen atoms in total. The van der Waals surface area contributed by atoms with Gasteiger partial charge in [0.1, 0.15) is 5.54 Å². The highest BCUT2D eigenvalue weighted by Crippen LogP contribution is 2.32. The minimum Gasteiger partial charge on any atom is -0.334 e. The quantitative estimate of drug-likeness (QED) is 0.868. The summed E-state index contributed by atoms with van der Waals surface area (Å²) >= 11 is 3.06. The van der Waals surface area contributed by atoms with Crippen LogP contribution in [0.5, 0.6) is 0 Å². The summed E-state index contributed by atoms with van der Waals surface area (Å²) in [6.07, 6.45) is -3.80. The summed E-state index contributed by atoms with van der Waals surface area (Å²) in [6.45, 7) is 3.46. The van der Waals surface area contributed by atoms with Crippen LogP contribution in [0.25, 0.3) is 0 Å². The Bertz CT molecular complexity index is 575.